The number of hydroxylamine groups is 1. The van der Waals surface area contributed by atoms with Crippen molar-refractivity contribution in [2.75, 3.05) is 11.3 Å². The molecule has 0 heterocycles. The second-order valence-corrected chi connectivity index (χ2v) is 6.79. The van der Waals surface area contributed by atoms with Crippen LogP contribution in [-0.4, -0.2) is 16.7 Å². The van der Waals surface area contributed by atoms with Gasteiger partial charge in [-0.25, -0.2) is 0 Å². The van der Waals surface area contributed by atoms with Crippen LogP contribution in [0.4, 0.5) is 10.5 Å². The molecule has 122 valence electrons. The van der Waals surface area contributed by atoms with Gasteiger partial charge in [0, 0.05) is 10.0 Å². The van der Waals surface area contributed by atoms with E-state index in [1.807, 2.05) is 38.1 Å². The van der Waals surface area contributed by atoms with Gasteiger partial charge in [-0.2, -0.15) is 5.06 Å². The van der Waals surface area contributed by atoms with Gasteiger partial charge in [0.15, 0.2) is 0 Å². The summed E-state index contributed by atoms with van der Waals surface area (Å²) in [5.41, 5.74) is 3.34. The van der Waals surface area contributed by atoms with Crippen LogP contribution < -0.4 is 9.80 Å². The number of hydrogen-bond acceptors (Lipinski definition) is 4. The average Bonchev–Trinajstić information content (AvgIpc) is 2.52. The van der Waals surface area contributed by atoms with Crippen LogP contribution >= 0.6 is 27.7 Å². The predicted molar refractivity (Wildman–Crippen MR) is 97.6 cm³/mol. The molecule has 0 atom stereocenters. The molecule has 0 fully saturated rings. The standard InChI is InChI=1S/C17H18BrNO3S/c1-11-4-7-16(12(2)8-11)22-10-13-9-14(18)5-6-15(13)19(21)17(20)23-3/h4-9,21H,10H2,1-3H3. The fourth-order valence-corrected chi connectivity index (χ4v) is 2.86. The summed E-state index contributed by atoms with van der Waals surface area (Å²) in [7, 11) is 0. The minimum absolute atomic E-state index is 0.247. The third-order valence-corrected chi connectivity index (χ3v) is 4.35. The van der Waals surface area contributed by atoms with Gasteiger partial charge < -0.3 is 4.74 Å². The molecule has 0 aromatic heterocycles. The van der Waals surface area contributed by atoms with Crippen LogP contribution in [0.1, 0.15) is 16.7 Å². The predicted octanol–water partition coefficient (Wildman–Crippen LogP) is 5.32. The van der Waals surface area contributed by atoms with Crippen molar-refractivity contribution in [1.29, 1.82) is 0 Å². The van der Waals surface area contributed by atoms with Gasteiger partial charge in [0.1, 0.15) is 12.4 Å². The summed E-state index contributed by atoms with van der Waals surface area (Å²) < 4.78 is 6.71. The minimum Gasteiger partial charge on any atom is -0.489 e. The molecule has 2 aromatic rings. The van der Waals surface area contributed by atoms with Crippen molar-refractivity contribution >= 4 is 38.6 Å². The van der Waals surface area contributed by atoms with Crippen molar-refractivity contribution in [3.63, 3.8) is 0 Å². The van der Waals surface area contributed by atoms with Crippen LogP contribution in [0.25, 0.3) is 0 Å². The zero-order chi connectivity index (χ0) is 17.0. The molecule has 0 saturated heterocycles. The Morgan fingerprint density at radius 3 is 2.65 bits per heavy atom. The number of hydrogen-bond donors (Lipinski definition) is 1. The number of aryl methyl sites for hydroxylation is 2. The van der Waals surface area contributed by atoms with Gasteiger partial charge >= 0.3 is 5.24 Å². The lowest BCUT2D eigenvalue weighted by Gasteiger charge is -2.18. The Hall–Kier alpha value is -1.50. The van der Waals surface area contributed by atoms with Crippen molar-refractivity contribution in [3.05, 3.63) is 57.6 Å². The van der Waals surface area contributed by atoms with Gasteiger partial charge in [-0.05, 0) is 49.9 Å². The van der Waals surface area contributed by atoms with Gasteiger partial charge in [-0.1, -0.05) is 45.4 Å². The van der Waals surface area contributed by atoms with E-state index in [0.29, 0.717) is 16.3 Å². The van der Waals surface area contributed by atoms with E-state index < -0.39 is 5.24 Å². The number of halogens is 1. The minimum atomic E-state index is -0.444. The monoisotopic (exact) mass is 395 g/mol. The molecule has 1 N–H and O–H groups in total. The molecule has 0 bridgehead atoms. The highest BCUT2D eigenvalue weighted by atomic mass is 79.9. The Morgan fingerprint density at radius 2 is 2.00 bits per heavy atom. The van der Waals surface area contributed by atoms with E-state index in [0.717, 1.165) is 27.5 Å². The number of carbonyl (C=O) groups is 1. The van der Waals surface area contributed by atoms with E-state index >= 15 is 0 Å². The Morgan fingerprint density at radius 1 is 1.26 bits per heavy atom. The summed E-state index contributed by atoms with van der Waals surface area (Å²) in [6.07, 6.45) is 1.62. The van der Waals surface area contributed by atoms with Crippen LogP contribution in [0.3, 0.4) is 0 Å². The number of thioether (sulfide) groups is 1. The van der Waals surface area contributed by atoms with Crippen LogP contribution in [-0.2, 0) is 6.61 Å². The van der Waals surface area contributed by atoms with E-state index in [9.17, 15) is 10.0 Å². The number of carbonyl (C=O) groups excluding carboxylic acids is 1. The second kappa shape index (κ2) is 7.86. The summed E-state index contributed by atoms with van der Waals surface area (Å²) >= 11 is 4.35. The molecule has 2 rings (SSSR count). The molecule has 4 nitrogen and oxygen atoms in total. The van der Waals surface area contributed by atoms with E-state index in [4.69, 9.17) is 4.74 Å². The first-order valence-corrected chi connectivity index (χ1v) is 8.99. The highest BCUT2D eigenvalue weighted by Crippen LogP contribution is 2.28. The molecule has 0 aliphatic rings. The molecular formula is C17H18BrNO3S. The maximum absolute atomic E-state index is 11.7. The van der Waals surface area contributed by atoms with Gasteiger partial charge in [0.05, 0.1) is 5.69 Å². The van der Waals surface area contributed by atoms with Crippen molar-refractivity contribution < 1.29 is 14.7 Å². The van der Waals surface area contributed by atoms with Crippen molar-refractivity contribution in [2.24, 2.45) is 0 Å². The van der Waals surface area contributed by atoms with Gasteiger partial charge in [-0.15, -0.1) is 0 Å². The Balaban J connectivity index is 2.24. The summed E-state index contributed by atoms with van der Waals surface area (Å²) in [5, 5.41) is 10.2. The fraction of sp³-hybridized carbons (Fsp3) is 0.235. The lowest BCUT2D eigenvalue weighted by Crippen LogP contribution is -2.24. The molecule has 0 saturated carbocycles. The van der Waals surface area contributed by atoms with Crippen molar-refractivity contribution in [3.8, 4) is 5.75 Å². The van der Waals surface area contributed by atoms with Gasteiger partial charge in [0.2, 0.25) is 0 Å². The largest absolute Gasteiger partial charge is 0.489 e. The third kappa shape index (κ3) is 4.50. The molecule has 0 radical (unpaired) electrons. The number of rotatable bonds is 4. The number of nitrogens with zero attached hydrogens (tertiary/aromatic N) is 1. The quantitative estimate of drug-likeness (QED) is 0.561. The Labute approximate surface area is 148 Å². The smallest absolute Gasteiger partial charge is 0.309 e. The summed E-state index contributed by atoms with van der Waals surface area (Å²) in [6, 6.07) is 11.2. The number of ether oxygens (including phenoxy) is 1. The lowest BCUT2D eigenvalue weighted by molar-refractivity contribution is 0.223. The average molecular weight is 396 g/mol. The number of anilines is 1. The molecule has 6 heteroatoms. The zero-order valence-electron chi connectivity index (χ0n) is 13.2. The number of amides is 1. The van der Waals surface area contributed by atoms with E-state index in [1.54, 1.807) is 18.4 Å². The molecule has 23 heavy (non-hydrogen) atoms. The first-order chi connectivity index (χ1) is 10.9. The van der Waals surface area contributed by atoms with Crippen LogP contribution in [0.5, 0.6) is 5.75 Å². The highest BCUT2D eigenvalue weighted by Gasteiger charge is 2.17. The molecular weight excluding hydrogens is 378 g/mol. The van der Waals surface area contributed by atoms with E-state index in [2.05, 4.69) is 15.9 Å². The van der Waals surface area contributed by atoms with Crippen LogP contribution in [0.2, 0.25) is 0 Å². The summed E-state index contributed by atoms with van der Waals surface area (Å²) in [5.74, 6) is 0.780. The summed E-state index contributed by atoms with van der Waals surface area (Å²) in [4.78, 5) is 11.7. The SMILES string of the molecule is CSC(=O)N(O)c1ccc(Br)cc1COc1ccc(C)cc1C. The molecule has 0 spiro atoms. The lowest BCUT2D eigenvalue weighted by atomic mass is 10.1. The van der Waals surface area contributed by atoms with Crippen LogP contribution in [0.15, 0.2) is 40.9 Å². The molecule has 2 aromatic carbocycles. The fourth-order valence-electron chi connectivity index (χ4n) is 2.18. The first kappa shape index (κ1) is 17.8. The normalized spacial score (nSPS) is 10.5. The van der Waals surface area contributed by atoms with E-state index in [1.165, 1.54) is 5.56 Å². The van der Waals surface area contributed by atoms with E-state index in [-0.39, 0.29) is 6.61 Å². The van der Waals surface area contributed by atoms with Crippen molar-refractivity contribution in [2.45, 2.75) is 20.5 Å². The van der Waals surface area contributed by atoms with Crippen LogP contribution in [0, 0.1) is 13.8 Å². The first-order valence-electron chi connectivity index (χ1n) is 6.98. The summed E-state index contributed by atoms with van der Waals surface area (Å²) in [6.45, 7) is 4.26. The maximum Gasteiger partial charge on any atom is 0.309 e. The Bertz CT molecular complexity index is 721. The topological polar surface area (TPSA) is 49.8 Å². The van der Waals surface area contributed by atoms with Gasteiger partial charge in [0.25, 0.3) is 0 Å². The molecule has 0 aliphatic heterocycles. The maximum atomic E-state index is 11.7. The highest BCUT2D eigenvalue weighted by molar-refractivity contribution is 9.10. The van der Waals surface area contributed by atoms with Gasteiger partial charge in [-0.3, -0.25) is 10.0 Å². The number of benzene rings is 2. The third-order valence-electron chi connectivity index (χ3n) is 3.33. The zero-order valence-corrected chi connectivity index (χ0v) is 15.6. The molecule has 1 amide bonds. The Kier molecular flexibility index (Phi) is 6.10. The second-order valence-electron chi connectivity index (χ2n) is 5.11. The molecule has 0 unspecified atom stereocenters. The molecule has 0 aliphatic carbocycles. The van der Waals surface area contributed by atoms with Crippen molar-refractivity contribution in [1.82, 2.24) is 0 Å².